The minimum Gasteiger partial charge on any atom is -0.465 e. The molecule has 2 N–H and O–H groups in total. The lowest BCUT2D eigenvalue weighted by Crippen LogP contribution is -2.39. The highest BCUT2D eigenvalue weighted by Gasteiger charge is 2.17. The lowest BCUT2D eigenvalue weighted by Gasteiger charge is -2.15. The van der Waals surface area contributed by atoms with Crippen LogP contribution in [0.1, 0.15) is 40.0 Å². The van der Waals surface area contributed by atoms with Crippen molar-refractivity contribution in [3.05, 3.63) is 0 Å². The monoisotopic (exact) mass is 255 g/mol. The number of aliphatic imine (C=N–C) groups is 1. The van der Waals surface area contributed by atoms with Gasteiger partial charge in [0, 0.05) is 25.0 Å². The second kappa shape index (κ2) is 10.9. The van der Waals surface area contributed by atoms with Crippen molar-refractivity contribution in [3.63, 3.8) is 0 Å². The zero-order valence-electron chi connectivity index (χ0n) is 11.7. The van der Waals surface area contributed by atoms with Gasteiger partial charge in [0.05, 0.1) is 6.61 Å². The Bertz CT molecular complexity index is 273. The standard InChI is InChI=1S/C13H25N3O2/c1-4-18-13(17)12(16-10-8-14)7-5-6-9-15-11(2)3/h8,12,14,16H,4-7,9-10H2,1-3H3. The van der Waals surface area contributed by atoms with Crippen molar-refractivity contribution in [1.82, 2.24) is 5.32 Å². The number of esters is 1. The third-order valence-corrected chi connectivity index (χ3v) is 2.37. The van der Waals surface area contributed by atoms with E-state index in [4.69, 9.17) is 10.1 Å². The zero-order chi connectivity index (χ0) is 13.8. The molecule has 0 saturated carbocycles. The Morgan fingerprint density at radius 2 is 2.17 bits per heavy atom. The van der Waals surface area contributed by atoms with E-state index >= 15 is 0 Å². The summed E-state index contributed by atoms with van der Waals surface area (Å²) in [7, 11) is 0. The van der Waals surface area contributed by atoms with E-state index in [0.717, 1.165) is 31.5 Å². The molecule has 5 heteroatoms. The van der Waals surface area contributed by atoms with Gasteiger partial charge in [-0.1, -0.05) is 0 Å². The average molecular weight is 255 g/mol. The molecule has 0 fully saturated rings. The van der Waals surface area contributed by atoms with E-state index in [1.54, 1.807) is 6.92 Å². The van der Waals surface area contributed by atoms with E-state index in [1.807, 2.05) is 13.8 Å². The lowest BCUT2D eigenvalue weighted by atomic mass is 10.1. The molecule has 0 spiro atoms. The van der Waals surface area contributed by atoms with E-state index in [2.05, 4.69) is 10.3 Å². The van der Waals surface area contributed by atoms with Gasteiger partial charge in [0.2, 0.25) is 0 Å². The normalized spacial score (nSPS) is 11.7. The summed E-state index contributed by atoms with van der Waals surface area (Å²) in [5.41, 5.74) is 1.08. The first-order chi connectivity index (χ1) is 8.61. The Morgan fingerprint density at radius 1 is 1.44 bits per heavy atom. The molecule has 0 rings (SSSR count). The van der Waals surface area contributed by atoms with Gasteiger partial charge in [-0.15, -0.1) is 0 Å². The van der Waals surface area contributed by atoms with Crippen LogP contribution >= 0.6 is 0 Å². The smallest absolute Gasteiger partial charge is 0.323 e. The molecule has 1 atom stereocenters. The van der Waals surface area contributed by atoms with Crippen molar-refractivity contribution in [2.75, 3.05) is 19.7 Å². The maximum absolute atomic E-state index is 11.6. The number of carbonyl (C=O) groups is 1. The molecule has 0 radical (unpaired) electrons. The molecule has 0 aliphatic rings. The molecule has 0 heterocycles. The zero-order valence-corrected chi connectivity index (χ0v) is 11.7. The number of hydrogen-bond acceptors (Lipinski definition) is 5. The molecule has 5 nitrogen and oxygen atoms in total. The summed E-state index contributed by atoms with van der Waals surface area (Å²) in [4.78, 5) is 15.9. The van der Waals surface area contributed by atoms with E-state index in [-0.39, 0.29) is 12.0 Å². The Balaban J connectivity index is 3.96. The van der Waals surface area contributed by atoms with Crippen LogP contribution in [0.25, 0.3) is 0 Å². The highest BCUT2D eigenvalue weighted by Crippen LogP contribution is 2.03. The third-order valence-electron chi connectivity index (χ3n) is 2.37. The minimum atomic E-state index is -0.307. The van der Waals surface area contributed by atoms with Crippen LogP contribution in [0.5, 0.6) is 0 Å². The number of ether oxygens (including phenoxy) is 1. The van der Waals surface area contributed by atoms with Gasteiger partial charge < -0.3 is 10.1 Å². The average Bonchev–Trinajstić information content (AvgIpc) is 2.32. The molecule has 0 amide bonds. The van der Waals surface area contributed by atoms with Crippen LogP contribution in [0.3, 0.4) is 0 Å². The molecule has 0 saturated heterocycles. The van der Waals surface area contributed by atoms with E-state index < -0.39 is 0 Å². The molecule has 0 aliphatic heterocycles. The fraction of sp³-hybridized carbons (Fsp3) is 0.769. The van der Waals surface area contributed by atoms with E-state index in [0.29, 0.717) is 13.2 Å². The minimum absolute atomic E-state index is 0.227. The summed E-state index contributed by atoms with van der Waals surface area (Å²) in [6.45, 7) is 7.35. The first kappa shape index (κ1) is 16.8. The van der Waals surface area contributed by atoms with Gasteiger partial charge in [-0.05, 0) is 40.0 Å². The van der Waals surface area contributed by atoms with Crippen molar-refractivity contribution in [2.24, 2.45) is 4.99 Å². The highest BCUT2D eigenvalue weighted by molar-refractivity contribution is 5.79. The number of rotatable bonds is 10. The largest absolute Gasteiger partial charge is 0.465 e. The molecular weight excluding hydrogens is 230 g/mol. The molecule has 0 aromatic rings. The molecule has 18 heavy (non-hydrogen) atoms. The van der Waals surface area contributed by atoms with Gasteiger partial charge >= 0.3 is 5.97 Å². The van der Waals surface area contributed by atoms with E-state index in [9.17, 15) is 4.79 Å². The van der Waals surface area contributed by atoms with Gasteiger partial charge in [0.25, 0.3) is 0 Å². The Labute approximate surface area is 110 Å². The van der Waals surface area contributed by atoms with Crippen LogP contribution in [0.15, 0.2) is 4.99 Å². The number of carbonyl (C=O) groups excluding carboxylic acids is 1. The van der Waals surface area contributed by atoms with Crippen molar-refractivity contribution in [3.8, 4) is 0 Å². The topological polar surface area (TPSA) is 74.5 Å². The number of hydrogen-bond donors (Lipinski definition) is 2. The van der Waals surface area contributed by atoms with Crippen LogP contribution in [-0.4, -0.2) is 43.6 Å². The van der Waals surface area contributed by atoms with E-state index in [1.165, 1.54) is 6.21 Å². The first-order valence-corrected chi connectivity index (χ1v) is 6.48. The summed E-state index contributed by atoms with van der Waals surface area (Å²) in [5.74, 6) is -0.227. The van der Waals surface area contributed by atoms with Gasteiger partial charge in [0.15, 0.2) is 0 Å². The SMILES string of the molecule is CCOC(=O)C(CCCCN=C(C)C)NCC=N. The molecule has 0 aromatic carbocycles. The summed E-state index contributed by atoms with van der Waals surface area (Å²) < 4.78 is 4.99. The predicted octanol–water partition coefficient (Wildman–Crippen LogP) is 1.81. The third kappa shape index (κ3) is 8.87. The Kier molecular flexibility index (Phi) is 10.2. The van der Waals surface area contributed by atoms with Crippen molar-refractivity contribution in [2.45, 2.75) is 46.1 Å². The highest BCUT2D eigenvalue weighted by atomic mass is 16.5. The van der Waals surface area contributed by atoms with Crippen LogP contribution in [-0.2, 0) is 9.53 Å². The van der Waals surface area contributed by atoms with Crippen molar-refractivity contribution in [1.29, 1.82) is 5.41 Å². The fourth-order valence-electron chi connectivity index (χ4n) is 1.51. The van der Waals surface area contributed by atoms with Gasteiger partial charge in [0.1, 0.15) is 6.04 Å². The van der Waals surface area contributed by atoms with Crippen LogP contribution in [0.2, 0.25) is 0 Å². The quantitative estimate of drug-likeness (QED) is 0.355. The van der Waals surface area contributed by atoms with Gasteiger partial charge in [-0.3, -0.25) is 15.1 Å². The summed E-state index contributed by atoms with van der Waals surface area (Å²) in [6.07, 6.45) is 3.86. The number of nitrogens with zero attached hydrogens (tertiary/aromatic N) is 1. The molecule has 0 bridgehead atoms. The lowest BCUT2D eigenvalue weighted by molar-refractivity contribution is -0.145. The summed E-state index contributed by atoms with van der Waals surface area (Å²) in [5, 5.41) is 9.97. The van der Waals surface area contributed by atoms with Gasteiger partial charge in [-0.25, -0.2) is 0 Å². The van der Waals surface area contributed by atoms with Crippen molar-refractivity contribution < 1.29 is 9.53 Å². The van der Waals surface area contributed by atoms with Crippen LogP contribution in [0, 0.1) is 5.41 Å². The predicted molar refractivity (Wildman–Crippen MR) is 74.7 cm³/mol. The summed E-state index contributed by atoms with van der Waals surface area (Å²) >= 11 is 0. The number of unbranched alkanes of at least 4 members (excludes halogenated alkanes) is 1. The second-order valence-electron chi connectivity index (χ2n) is 4.24. The Hall–Kier alpha value is -1.23. The second-order valence-corrected chi connectivity index (χ2v) is 4.24. The fourth-order valence-corrected chi connectivity index (χ4v) is 1.51. The van der Waals surface area contributed by atoms with Crippen molar-refractivity contribution >= 4 is 17.9 Å². The van der Waals surface area contributed by atoms with Crippen LogP contribution < -0.4 is 5.32 Å². The Morgan fingerprint density at radius 3 is 2.72 bits per heavy atom. The maximum Gasteiger partial charge on any atom is 0.323 e. The molecule has 0 aliphatic carbocycles. The number of nitrogens with one attached hydrogen (secondary N) is 2. The molecule has 104 valence electrons. The maximum atomic E-state index is 11.6. The molecule has 1 unspecified atom stereocenters. The summed E-state index contributed by atoms with van der Waals surface area (Å²) in [6, 6.07) is -0.307. The van der Waals surface area contributed by atoms with Crippen LogP contribution in [0.4, 0.5) is 0 Å². The molecular formula is C13H25N3O2. The van der Waals surface area contributed by atoms with Gasteiger partial charge in [-0.2, -0.15) is 0 Å². The first-order valence-electron chi connectivity index (χ1n) is 6.48. The molecule has 0 aromatic heterocycles.